The van der Waals surface area contributed by atoms with Crippen LogP contribution in [0.25, 0.3) is 10.1 Å². The second kappa shape index (κ2) is 8.71. The van der Waals surface area contributed by atoms with E-state index in [1.807, 2.05) is 6.07 Å². The van der Waals surface area contributed by atoms with Gasteiger partial charge in [0.05, 0.1) is 21.2 Å². The first-order valence-electron chi connectivity index (χ1n) is 7.99. The molecule has 0 aliphatic carbocycles. The van der Waals surface area contributed by atoms with Crippen LogP contribution in [-0.2, 0) is 12.3 Å². The lowest BCUT2D eigenvalue weighted by atomic mass is 10.1. The number of carbonyl (C=O) groups excluding carboxylic acids is 1. The van der Waals surface area contributed by atoms with Gasteiger partial charge in [0.2, 0.25) is 14.3 Å². The van der Waals surface area contributed by atoms with Crippen molar-refractivity contribution in [3.05, 3.63) is 61.4 Å². The third-order valence-corrected chi connectivity index (χ3v) is 7.57. The zero-order valence-electron chi connectivity index (χ0n) is 14.7. The van der Waals surface area contributed by atoms with Gasteiger partial charge in [-0.3, -0.25) is 4.79 Å². The van der Waals surface area contributed by atoms with E-state index >= 15 is 0 Å². The maximum absolute atomic E-state index is 14.3. The smallest absolute Gasteiger partial charge is 0.349 e. The van der Waals surface area contributed by atoms with Crippen molar-refractivity contribution >= 4 is 63.2 Å². The van der Waals surface area contributed by atoms with Crippen LogP contribution in [0.15, 0.2) is 34.8 Å². The Morgan fingerprint density at radius 1 is 1.37 bits per heavy atom. The topological polar surface area (TPSA) is 117 Å². The summed E-state index contributed by atoms with van der Waals surface area (Å²) in [6.45, 7) is -0.106. The summed E-state index contributed by atoms with van der Waals surface area (Å²) in [4.78, 5) is 29.4. The molecule has 30 heavy (non-hydrogen) atoms. The third kappa shape index (κ3) is 4.28. The molecule has 0 radical (unpaired) electrons. The van der Waals surface area contributed by atoms with E-state index in [0.717, 1.165) is 0 Å². The predicted molar refractivity (Wildman–Crippen MR) is 114 cm³/mol. The van der Waals surface area contributed by atoms with Crippen molar-refractivity contribution < 1.29 is 28.1 Å². The Balaban J connectivity index is 2.12. The first-order valence-corrected chi connectivity index (χ1v) is 11.2. The number of fused-ring (bicyclic) bond motifs is 1. The molecule has 1 heterocycles. The summed E-state index contributed by atoms with van der Waals surface area (Å²) in [5.41, 5.74) is 2.23. The van der Waals surface area contributed by atoms with Gasteiger partial charge in [0.1, 0.15) is 12.4 Å². The number of hydrogen-bond acceptors (Lipinski definition) is 6. The number of halogens is 4. The van der Waals surface area contributed by atoms with E-state index in [1.165, 1.54) is 18.2 Å². The van der Waals surface area contributed by atoms with Crippen molar-refractivity contribution in [3.63, 3.8) is 0 Å². The average molecular weight is 536 g/mol. The summed E-state index contributed by atoms with van der Waals surface area (Å²) in [5.74, 6) is -0.725. The standard InChI is InChI=1S/C18H11BrClF2N2O4PS/c19-14-12-4-9(17(24)25)5-13(15(12)30-16(14)18(21,22)29(26)27)28-7-8-1-2-11(20)3-10(8)6-23/h1-5,26-27H,7H2,(H2,24,25). The summed E-state index contributed by atoms with van der Waals surface area (Å²) in [6.07, 6.45) is 0. The fourth-order valence-electron chi connectivity index (χ4n) is 2.61. The molecule has 1 aromatic heterocycles. The molecule has 0 fully saturated rings. The molecular formula is C18H11BrClF2N2O4PS. The van der Waals surface area contributed by atoms with Crippen LogP contribution in [0.1, 0.15) is 26.4 Å². The number of rotatable bonds is 6. The van der Waals surface area contributed by atoms with Crippen molar-refractivity contribution in [2.75, 3.05) is 0 Å². The second-order valence-electron chi connectivity index (χ2n) is 5.99. The van der Waals surface area contributed by atoms with Crippen molar-refractivity contribution in [2.24, 2.45) is 5.73 Å². The molecule has 1 amide bonds. The van der Waals surface area contributed by atoms with Gasteiger partial charge in [0.15, 0.2) is 0 Å². The van der Waals surface area contributed by atoms with Crippen LogP contribution >= 0.6 is 47.2 Å². The van der Waals surface area contributed by atoms with Crippen LogP contribution in [0.2, 0.25) is 5.02 Å². The zero-order chi connectivity index (χ0) is 22.2. The van der Waals surface area contributed by atoms with E-state index in [9.17, 15) is 18.8 Å². The van der Waals surface area contributed by atoms with E-state index in [4.69, 9.17) is 31.9 Å². The Morgan fingerprint density at radius 3 is 2.67 bits per heavy atom. The van der Waals surface area contributed by atoms with Gasteiger partial charge in [-0.1, -0.05) is 17.7 Å². The van der Waals surface area contributed by atoms with E-state index in [-0.39, 0.29) is 38.0 Å². The first kappa shape index (κ1) is 22.8. The van der Waals surface area contributed by atoms with Gasteiger partial charge >= 0.3 is 5.66 Å². The van der Waals surface area contributed by atoms with Gasteiger partial charge in [0.25, 0.3) is 0 Å². The molecule has 0 saturated heterocycles. The molecule has 0 saturated carbocycles. The minimum atomic E-state index is -3.90. The molecule has 2 aromatic carbocycles. The molecule has 0 atom stereocenters. The van der Waals surface area contributed by atoms with Crippen molar-refractivity contribution in [2.45, 2.75) is 12.3 Å². The molecule has 0 aliphatic rings. The number of nitrogens with two attached hydrogens (primary N) is 1. The Bertz CT molecular complexity index is 1200. The van der Waals surface area contributed by atoms with Gasteiger partial charge in [-0.2, -0.15) is 14.0 Å². The normalized spacial score (nSPS) is 11.7. The highest BCUT2D eigenvalue weighted by Crippen LogP contribution is 2.58. The van der Waals surface area contributed by atoms with Crippen LogP contribution in [-0.4, -0.2) is 15.7 Å². The number of nitriles is 1. The molecule has 3 rings (SSSR count). The van der Waals surface area contributed by atoms with Gasteiger partial charge < -0.3 is 20.3 Å². The molecule has 0 spiro atoms. The van der Waals surface area contributed by atoms with Gasteiger partial charge in [-0.15, -0.1) is 11.3 Å². The van der Waals surface area contributed by atoms with E-state index in [0.29, 0.717) is 21.9 Å². The number of carbonyl (C=O) groups is 1. The first-order chi connectivity index (χ1) is 14.1. The van der Waals surface area contributed by atoms with Crippen molar-refractivity contribution in [1.82, 2.24) is 0 Å². The van der Waals surface area contributed by atoms with Crippen molar-refractivity contribution in [1.29, 1.82) is 5.26 Å². The molecular weight excluding hydrogens is 525 g/mol. The molecule has 156 valence electrons. The second-order valence-corrected chi connectivity index (χ2v) is 9.38. The third-order valence-electron chi connectivity index (χ3n) is 4.08. The molecule has 4 N–H and O–H groups in total. The average Bonchev–Trinajstić information content (AvgIpc) is 3.04. The molecule has 0 bridgehead atoms. The summed E-state index contributed by atoms with van der Waals surface area (Å²) in [7, 11) is -3.59. The molecule has 6 nitrogen and oxygen atoms in total. The lowest BCUT2D eigenvalue weighted by molar-refractivity contribution is 0.0766. The molecule has 12 heteroatoms. The van der Waals surface area contributed by atoms with Crippen LogP contribution in [0.4, 0.5) is 8.78 Å². The quantitative estimate of drug-likeness (QED) is 0.375. The summed E-state index contributed by atoms with van der Waals surface area (Å²) in [6, 6.07) is 9.22. The van der Waals surface area contributed by atoms with Gasteiger partial charge in [-0.05, 0) is 40.2 Å². The Morgan fingerprint density at radius 2 is 2.07 bits per heavy atom. The SMILES string of the molecule is N#Cc1cc(Cl)ccc1COc1cc(C(N)=O)cc2c(Br)c(C(F)(F)P(O)O)sc12. The van der Waals surface area contributed by atoms with Crippen LogP contribution in [0.3, 0.4) is 0 Å². The Hall–Kier alpha value is -1.86. The van der Waals surface area contributed by atoms with E-state index in [1.54, 1.807) is 12.1 Å². The lowest BCUT2D eigenvalue weighted by Crippen LogP contribution is -2.11. The largest absolute Gasteiger partial charge is 0.487 e. The number of benzene rings is 2. The van der Waals surface area contributed by atoms with Crippen molar-refractivity contribution in [3.8, 4) is 11.8 Å². The Kier molecular flexibility index (Phi) is 6.63. The maximum atomic E-state index is 14.3. The summed E-state index contributed by atoms with van der Waals surface area (Å²) >= 11 is 9.52. The van der Waals surface area contributed by atoms with Crippen LogP contribution in [0, 0.1) is 11.3 Å². The van der Waals surface area contributed by atoms with E-state index < -0.39 is 24.8 Å². The van der Waals surface area contributed by atoms with Crippen LogP contribution < -0.4 is 10.5 Å². The molecule has 0 unspecified atom stereocenters. The highest BCUT2D eigenvalue weighted by Gasteiger charge is 2.45. The minimum Gasteiger partial charge on any atom is -0.487 e. The fourth-order valence-corrected chi connectivity index (χ4v) is 5.56. The lowest BCUT2D eigenvalue weighted by Gasteiger charge is -2.15. The maximum Gasteiger partial charge on any atom is 0.349 e. The number of nitrogens with zero attached hydrogens (tertiary/aromatic N) is 1. The zero-order valence-corrected chi connectivity index (χ0v) is 18.7. The number of ether oxygens (including phenoxy) is 1. The Labute approximate surface area is 187 Å². The highest BCUT2D eigenvalue weighted by atomic mass is 79.9. The number of alkyl halides is 2. The number of hydrogen-bond donors (Lipinski definition) is 3. The fraction of sp³-hybridized carbons (Fsp3) is 0.111. The summed E-state index contributed by atoms with van der Waals surface area (Å²) < 4.78 is 34.5. The van der Waals surface area contributed by atoms with Gasteiger partial charge in [-0.25, -0.2) is 0 Å². The number of primary amides is 1. The highest BCUT2D eigenvalue weighted by molar-refractivity contribution is 9.10. The number of thiophene rings is 1. The van der Waals surface area contributed by atoms with Crippen LogP contribution in [0.5, 0.6) is 5.75 Å². The monoisotopic (exact) mass is 534 g/mol. The van der Waals surface area contributed by atoms with E-state index in [2.05, 4.69) is 15.9 Å². The van der Waals surface area contributed by atoms with Gasteiger partial charge in [0, 0.05) is 26.0 Å². The summed E-state index contributed by atoms with van der Waals surface area (Å²) in [5, 5.41) is 9.82. The minimum absolute atomic E-state index is 0.0118. The predicted octanol–water partition coefficient (Wildman–Crippen LogP) is 5.21. The number of amides is 1. The molecule has 3 aromatic rings. The molecule has 0 aliphatic heterocycles.